The molecule has 0 saturated carbocycles. The maximum Gasteiger partial charge on any atom is 0.265 e. The Balaban J connectivity index is 0.00000462. The molecule has 1 fully saturated rings. The average Bonchev–Trinajstić information content (AvgIpc) is 3.98. The second-order valence-electron chi connectivity index (χ2n) is 15.8. The number of amides is 2. The highest BCUT2D eigenvalue weighted by Gasteiger charge is 2.35. The summed E-state index contributed by atoms with van der Waals surface area (Å²) in [5.74, 6) is -0.950. The fraction of sp³-hybridized carbons (Fsp3) is 0.234. The molecule has 60 heavy (non-hydrogen) atoms. The highest BCUT2D eigenvalue weighted by atomic mass is 35.5. The molecule has 306 valence electrons. The van der Waals surface area contributed by atoms with E-state index >= 15 is 14.0 Å². The number of ether oxygens (including phenoxy) is 2. The number of phenolic OH excluding ortho intramolecular Hbond substituents is 1. The predicted octanol–water partition coefficient (Wildman–Crippen LogP) is 7.91. The van der Waals surface area contributed by atoms with Gasteiger partial charge in [0.15, 0.2) is 23.1 Å². The Bertz CT molecular complexity index is 2790. The van der Waals surface area contributed by atoms with Crippen LogP contribution >= 0.6 is 12.4 Å². The van der Waals surface area contributed by atoms with Crippen LogP contribution in [0.5, 0.6) is 17.2 Å². The molecule has 3 aliphatic rings. The van der Waals surface area contributed by atoms with Gasteiger partial charge in [0.25, 0.3) is 11.8 Å². The number of rotatable bonds is 7. The minimum Gasteiger partial charge on any atom is -0.505 e. The Morgan fingerprint density at radius 3 is 2.32 bits per heavy atom. The highest BCUT2D eigenvalue weighted by Crippen LogP contribution is 2.41. The molecular formula is C47H44ClFN6O5. The van der Waals surface area contributed by atoms with E-state index in [9.17, 15) is 5.11 Å². The molecule has 5 aromatic carbocycles. The van der Waals surface area contributed by atoms with E-state index in [1.165, 1.54) is 22.6 Å². The van der Waals surface area contributed by atoms with Gasteiger partial charge in [-0.1, -0.05) is 42.5 Å². The van der Waals surface area contributed by atoms with Gasteiger partial charge in [0.1, 0.15) is 0 Å². The summed E-state index contributed by atoms with van der Waals surface area (Å²) >= 11 is 0. The van der Waals surface area contributed by atoms with Crippen LogP contribution in [0, 0.1) is 5.82 Å². The monoisotopic (exact) mass is 826 g/mol. The summed E-state index contributed by atoms with van der Waals surface area (Å²) in [6.07, 6.45) is 4.43. The quantitative estimate of drug-likeness (QED) is 0.175. The third kappa shape index (κ3) is 6.90. The number of nitrogens with zero attached hydrogens (tertiary/aromatic N) is 6. The minimum atomic E-state index is -0.849. The summed E-state index contributed by atoms with van der Waals surface area (Å²) in [5, 5.41) is 11.7. The van der Waals surface area contributed by atoms with Crippen LogP contribution < -0.4 is 14.4 Å². The number of phenols is 1. The van der Waals surface area contributed by atoms with Gasteiger partial charge in [0.2, 0.25) is 6.79 Å². The van der Waals surface area contributed by atoms with Gasteiger partial charge in [-0.2, -0.15) is 0 Å². The van der Waals surface area contributed by atoms with E-state index in [4.69, 9.17) is 9.47 Å². The number of aromatic nitrogens is 2. The lowest BCUT2D eigenvalue weighted by Crippen LogP contribution is -2.53. The molecule has 0 bridgehead atoms. The highest BCUT2D eigenvalue weighted by molar-refractivity contribution is 6.18. The zero-order valence-corrected chi connectivity index (χ0v) is 34.1. The number of aryl methyl sites for hydroxylation is 1. The molecule has 5 heterocycles. The van der Waals surface area contributed by atoms with Gasteiger partial charge < -0.3 is 33.5 Å². The van der Waals surface area contributed by atoms with Crippen molar-refractivity contribution < 1.29 is 28.6 Å². The Morgan fingerprint density at radius 1 is 0.800 bits per heavy atom. The standard InChI is InChI=1S/C47H43FN6O5.ClH/c1-49-17-19-51(20-18-49)27-35-21-30-7-3-4-8-32(30)26-52(35)46(56)37-24-44-45(59-29-58-44)25-42(37)53-28-38(36-9-5-6-10-41(36)53)47(57)54(34-12-14-43(55)39(48)23-34)33-11-13-40-31(22-33)15-16-50(40)2;/h3-16,22-25,28,35,55H,17-21,26-27,29H2,1-2H3;1H/t35-;/m0./s1. The molecule has 1 atom stereocenters. The topological polar surface area (TPSA) is 95.7 Å². The third-order valence-electron chi connectivity index (χ3n) is 12.1. The van der Waals surface area contributed by atoms with E-state index in [-0.39, 0.29) is 36.8 Å². The van der Waals surface area contributed by atoms with Crippen LogP contribution in [0.2, 0.25) is 0 Å². The summed E-state index contributed by atoms with van der Waals surface area (Å²) < 4.78 is 30.7. The van der Waals surface area contributed by atoms with Gasteiger partial charge in [-0.25, -0.2) is 4.39 Å². The van der Waals surface area contributed by atoms with Crippen molar-refractivity contribution in [2.45, 2.75) is 19.0 Å². The lowest BCUT2D eigenvalue weighted by atomic mass is 9.92. The van der Waals surface area contributed by atoms with Crippen molar-refractivity contribution in [1.29, 1.82) is 0 Å². The van der Waals surface area contributed by atoms with E-state index in [1.807, 2.05) is 87.9 Å². The molecule has 2 aromatic heterocycles. The van der Waals surface area contributed by atoms with E-state index in [2.05, 4.69) is 35.0 Å². The Kier molecular flexibility index (Phi) is 10.2. The van der Waals surface area contributed by atoms with Crippen LogP contribution in [0.15, 0.2) is 116 Å². The fourth-order valence-electron chi connectivity index (χ4n) is 8.87. The first-order valence-corrected chi connectivity index (χ1v) is 19.9. The normalized spacial score (nSPS) is 16.5. The minimum absolute atomic E-state index is 0. The van der Waals surface area contributed by atoms with Crippen LogP contribution in [0.4, 0.5) is 15.8 Å². The van der Waals surface area contributed by atoms with E-state index in [1.54, 1.807) is 12.3 Å². The number of carbonyl (C=O) groups excluding carboxylic acids is 2. The fourth-order valence-corrected chi connectivity index (χ4v) is 8.87. The van der Waals surface area contributed by atoms with Crippen LogP contribution in [0.1, 0.15) is 31.8 Å². The van der Waals surface area contributed by atoms with Crippen molar-refractivity contribution in [1.82, 2.24) is 23.8 Å². The largest absolute Gasteiger partial charge is 0.505 e. The number of carbonyl (C=O) groups is 2. The summed E-state index contributed by atoms with van der Waals surface area (Å²) in [6.45, 7) is 5.06. The molecule has 7 aromatic rings. The molecule has 2 amide bonds. The molecule has 0 aliphatic carbocycles. The van der Waals surface area contributed by atoms with E-state index in [0.717, 1.165) is 61.7 Å². The Hall–Kier alpha value is -6.34. The number of hydrogen-bond donors (Lipinski definition) is 1. The average molecular weight is 827 g/mol. The number of aromatic hydroxyl groups is 1. The van der Waals surface area contributed by atoms with Gasteiger partial charge in [-0.3, -0.25) is 19.4 Å². The molecule has 0 spiro atoms. The summed E-state index contributed by atoms with van der Waals surface area (Å²) in [6, 6.07) is 30.9. The van der Waals surface area contributed by atoms with Gasteiger partial charge in [0.05, 0.1) is 28.0 Å². The van der Waals surface area contributed by atoms with Crippen LogP contribution in [0.25, 0.3) is 27.5 Å². The molecule has 3 aliphatic heterocycles. The maximum absolute atomic E-state index is 15.3. The SMILES string of the molecule is CN1CCN(C[C@@H]2Cc3ccccc3CN2C(=O)c2cc3c(cc2-n2cc(C(=O)N(c4ccc(O)c(F)c4)c4ccc5c(ccn5C)c4)c4ccccc42)OCO3)CC1.Cl. The molecule has 11 nitrogen and oxygen atoms in total. The smallest absolute Gasteiger partial charge is 0.265 e. The van der Waals surface area contributed by atoms with Crippen LogP contribution in [-0.2, 0) is 20.0 Å². The Morgan fingerprint density at radius 2 is 1.52 bits per heavy atom. The molecule has 1 N–H and O–H groups in total. The summed E-state index contributed by atoms with van der Waals surface area (Å²) in [4.78, 5) is 38.7. The van der Waals surface area contributed by atoms with E-state index in [0.29, 0.717) is 51.4 Å². The Labute approximate surface area is 352 Å². The van der Waals surface area contributed by atoms with Crippen molar-refractivity contribution in [2.24, 2.45) is 7.05 Å². The first-order valence-electron chi connectivity index (χ1n) is 19.9. The number of piperazine rings is 1. The maximum atomic E-state index is 15.3. The van der Waals surface area contributed by atoms with Crippen molar-refractivity contribution in [2.75, 3.05) is 51.5 Å². The molecule has 13 heteroatoms. The predicted molar refractivity (Wildman–Crippen MR) is 232 cm³/mol. The van der Waals surface area contributed by atoms with Crippen molar-refractivity contribution in [3.8, 4) is 22.9 Å². The summed E-state index contributed by atoms with van der Waals surface area (Å²) in [7, 11) is 4.09. The number of para-hydroxylation sites is 1. The first kappa shape index (κ1) is 39.1. The van der Waals surface area contributed by atoms with Gasteiger partial charge in [-0.15, -0.1) is 12.4 Å². The second-order valence-corrected chi connectivity index (χ2v) is 15.8. The van der Waals surface area contributed by atoms with Gasteiger partial charge in [0, 0.05) is 98.9 Å². The van der Waals surface area contributed by atoms with Crippen LogP contribution in [0.3, 0.4) is 0 Å². The number of anilines is 2. The molecule has 0 radical (unpaired) electrons. The van der Waals surface area contributed by atoms with Crippen molar-refractivity contribution >= 4 is 57.4 Å². The van der Waals surface area contributed by atoms with Gasteiger partial charge in [-0.05, 0) is 73.1 Å². The number of likely N-dealkylation sites (N-methyl/N-ethyl adjacent to an activating group) is 1. The summed E-state index contributed by atoms with van der Waals surface area (Å²) in [5.41, 5.74) is 6.10. The number of benzene rings is 5. The van der Waals surface area contributed by atoms with Crippen LogP contribution in [-0.4, -0.2) is 93.4 Å². The zero-order chi connectivity index (χ0) is 40.4. The molecule has 10 rings (SSSR count). The van der Waals surface area contributed by atoms with E-state index < -0.39 is 17.5 Å². The molecule has 0 unspecified atom stereocenters. The third-order valence-corrected chi connectivity index (χ3v) is 12.1. The number of hydrogen-bond acceptors (Lipinski definition) is 7. The molecular weight excluding hydrogens is 783 g/mol. The number of halogens is 2. The van der Waals surface area contributed by atoms with Crippen molar-refractivity contribution in [3.63, 3.8) is 0 Å². The van der Waals surface area contributed by atoms with Gasteiger partial charge >= 0.3 is 0 Å². The second kappa shape index (κ2) is 15.7. The van der Waals surface area contributed by atoms with Crippen molar-refractivity contribution in [3.05, 3.63) is 144 Å². The lowest BCUT2D eigenvalue weighted by Gasteiger charge is -2.41. The molecule has 1 saturated heterocycles. The first-order chi connectivity index (χ1) is 28.7. The number of fused-ring (bicyclic) bond motifs is 4. The lowest BCUT2D eigenvalue weighted by molar-refractivity contribution is 0.0535. The zero-order valence-electron chi connectivity index (χ0n) is 33.3.